The lowest BCUT2D eigenvalue weighted by atomic mass is 10.1. The van der Waals surface area contributed by atoms with Gasteiger partial charge < -0.3 is 4.74 Å². The van der Waals surface area contributed by atoms with Crippen molar-refractivity contribution in [1.29, 1.82) is 0 Å². The summed E-state index contributed by atoms with van der Waals surface area (Å²) in [6.07, 6.45) is 0. The lowest BCUT2D eigenvalue weighted by molar-refractivity contribution is 0.482. The molecule has 0 saturated heterocycles. The van der Waals surface area contributed by atoms with Crippen molar-refractivity contribution in [3.63, 3.8) is 0 Å². The fourth-order valence-corrected chi connectivity index (χ4v) is 1.62. The molecule has 2 rings (SSSR count). The van der Waals surface area contributed by atoms with Crippen molar-refractivity contribution in [2.24, 2.45) is 0 Å². The standard InChI is InChI=1S/C14H14O.CH4/c1-11-8-12(2)10-14(9-11)15-13-6-4-3-5-7-13;/h3-10H,1-2H3;1H4/i;1D. The van der Waals surface area contributed by atoms with E-state index in [0.717, 1.165) is 11.5 Å². The Hall–Kier alpha value is -1.76. The third-order valence-corrected chi connectivity index (χ3v) is 2.17. The Morgan fingerprint density at radius 3 is 2.00 bits per heavy atom. The predicted molar refractivity (Wildman–Crippen MR) is 69.2 cm³/mol. The van der Waals surface area contributed by atoms with Gasteiger partial charge in [-0.25, -0.2) is 0 Å². The summed E-state index contributed by atoms with van der Waals surface area (Å²) in [6, 6.07) is 16.1. The molecule has 0 radical (unpaired) electrons. The topological polar surface area (TPSA) is 9.23 Å². The van der Waals surface area contributed by atoms with Gasteiger partial charge in [-0.3, -0.25) is 0 Å². The molecule has 2 aromatic carbocycles. The van der Waals surface area contributed by atoms with Crippen molar-refractivity contribution in [2.75, 3.05) is 0 Å². The Labute approximate surface area is 99.1 Å². The highest BCUT2D eigenvalue weighted by Crippen LogP contribution is 2.23. The first kappa shape index (κ1) is 10.7. The summed E-state index contributed by atoms with van der Waals surface area (Å²) >= 11 is 0. The highest BCUT2D eigenvalue weighted by Gasteiger charge is 1.98. The predicted octanol–water partition coefficient (Wildman–Crippen LogP) is 4.73. The van der Waals surface area contributed by atoms with Gasteiger partial charge in [0.1, 0.15) is 11.5 Å². The molecule has 0 aliphatic heterocycles. The minimum atomic E-state index is 0.877. The molecular formula is C15H18O. The molecule has 84 valence electrons. The monoisotopic (exact) mass is 215 g/mol. The summed E-state index contributed by atoms with van der Waals surface area (Å²) in [5.74, 6) is 1.78. The molecule has 2 aromatic rings. The van der Waals surface area contributed by atoms with Gasteiger partial charge in [-0.05, 0) is 49.2 Å². The second-order valence-electron chi connectivity index (χ2n) is 3.74. The number of benzene rings is 2. The van der Waals surface area contributed by atoms with E-state index in [1.165, 1.54) is 18.5 Å². The third kappa shape index (κ3) is 3.13. The Balaban J connectivity index is 0.000000686. The van der Waals surface area contributed by atoms with E-state index in [9.17, 15) is 0 Å². The van der Waals surface area contributed by atoms with Crippen LogP contribution in [0.4, 0.5) is 0 Å². The maximum atomic E-state index is 5.75. The Kier molecular flexibility index (Phi) is 3.60. The molecule has 0 heterocycles. The molecule has 0 spiro atoms. The Morgan fingerprint density at radius 1 is 0.875 bits per heavy atom. The maximum absolute atomic E-state index is 5.75. The van der Waals surface area contributed by atoms with E-state index in [2.05, 4.69) is 19.9 Å². The van der Waals surface area contributed by atoms with E-state index < -0.39 is 0 Å². The number of aryl methyl sites for hydroxylation is 2. The molecule has 0 amide bonds. The van der Waals surface area contributed by atoms with Crippen molar-refractivity contribution in [3.8, 4) is 11.5 Å². The molecule has 0 unspecified atom stereocenters. The first-order valence-corrected chi connectivity index (χ1v) is 5.05. The molecular weight excluding hydrogens is 196 g/mol. The van der Waals surface area contributed by atoms with E-state index in [1.54, 1.807) is 0 Å². The fourth-order valence-electron chi connectivity index (χ4n) is 1.62. The van der Waals surface area contributed by atoms with Crippen LogP contribution in [0.25, 0.3) is 0 Å². The van der Waals surface area contributed by atoms with Crippen LogP contribution in [-0.2, 0) is 0 Å². The molecule has 0 fully saturated rings. The van der Waals surface area contributed by atoms with Gasteiger partial charge in [0.2, 0.25) is 0 Å². The zero-order chi connectivity index (χ0) is 12.7. The smallest absolute Gasteiger partial charge is 0.127 e. The molecule has 0 aromatic heterocycles. The summed E-state index contributed by atoms with van der Waals surface area (Å²) in [5.41, 5.74) is 2.45. The number of hydrogen-bond donors (Lipinski definition) is 0. The van der Waals surface area contributed by atoms with Gasteiger partial charge in [-0.15, -0.1) is 0 Å². The van der Waals surface area contributed by atoms with Gasteiger partial charge in [0.15, 0.2) is 0 Å². The number of ether oxygens (including phenoxy) is 1. The lowest BCUT2D eigenvalue weighted by Gasteiger charge is -2.07. The summed E-state index contributed by atoms with van der Waals surface area (Å²) in [7, 11) is 1.25. The lowest BCUT2D eigenvalue weighted by Crippen LogP contribution is -1.85. The first-order valence-electron chi connectivity index (χ1n) is 6.05. The van der Waals surface area contributed by atoms with Gasteiger partial charge in [0.25, 0.3) is 0 Å². The van der Waals surface area contributed by atoms with Gasteiger partial charge in [-0.1, -0.05) is 31.7 Å². The quantitative estimate of drug-likeness (QED) is 0.703. The minimum Gasteiger partial charge on any atom is -0.457 e. The Bertz CT molecular complexity index is 431. The number of hydrogen-bond acceptors (Lipinski definition) is 1. The zero-order valence-corrected chi connectivity index (χ0v) is 10.0. The van der Waals surface area contributed by atoms with E-state index in [-0.39, 0.29) is 0 Å². The molecule has 1 heteroatoms. The second kappa shape index (κ2) is 5.36. The summed E-state index contributed by atoms with van der Waals surface area (Å²) in [5, 5.41) is 0. The van der Waals surface area contributed by atoms with Crippen LogP contribution in [0.15, 0.2) is 48.5 Å². The van der Waals surface area contributed by atoms with Crippen LogP contribution in [0.5, 0.6) is 11.5 Å². The van der Waals surface area contributed by atoms with Crippen molar-refractivity contribution in [3.05, 3.63) is 59.7 Å². The fraction of sp³-hybridized carbons (Fsp3) is 0.200. The van der Waals surface area contributed by atoms with E-state index in [0.29, 0.717) is 0 Å². The van der Waals surface area contributed by atoms with E-state index in [4.69, 9.17) is 6.11 Å². The van der Waals surface area contributed by atoms with Gasteiger partial charge in [0.05, 0.1) is 0 Å². The van der Waals surface area contributed by atoms with Crippen LogP contribution >= 0.6 is 0 Å². The van der Waals surface area contributed by atoms with Crippen molar-refractivity contribution in [1.82, 2.24) is 0 Å². The molecule has 0 bridgehead atoms. The Morgan fingerprint density at radius 2 is 1.44 bits per heavy atom. The van der Waals surface area contributed by atoms with Crippen LogP contribution in [0.1, 0.15) is 19.9 Å². The van der Waals surface area contributed by atoms with E-state index >= 15 is 0 Å². The average molecular weight is 215 g/mol. The number of rotatable bonds is 2. The zero-order valence-electron chi connectivity index (χ0n) is 11.0. The van der Waals surface area contributed by atoms with Gasteiger partial charge >= 0.3 is 0 Å². The van der Waals surface area contributed by atoms with Crippen LogP contribution < -0.4 is 4.74 Å². The molecule has 0 aliphatic rings. The highest BCUT2D eigenvalue weighted by atomic mass is 16.5. The molecule has 1 nitrogen and oxygen atoms in total. The second-order valence-corrected chi connectivity index (χ2v) is 3.74. The SMILES string of the molecule is Cc1cc(C)cc(Oc2ccccc2)c1.[2H]C. The molecule has 0 N–H and O–H groups in total. The van der Waals surface area contributed by atoms with Crippen LogP contribution in [0, 0.1) is 13.8 Å². The number of para-hydroxylation sites is 1. The first-order chi connectivity index (χ1) is 8.24. The summed E-state index contributed by atoms with van der Waals surface area (Å²) in [6.45, 7) is 4.15. The molecule has 0 atom stereocenters. The van der Waals surface area contributed by atoms with Crippen molar-refractivity contribution in [2.45, 2.75) is 21.3 Å². The van der Waals surface area contributed by atoms with Crippen molar-refractivity contribution >= 4 is 0 Å². The summed E-state index contributed by atoms with van der Waals surface area (Å²) in [4.78, 5) is 0. The van der Waals surface area contributed by atoms with E-state index in [1.807, 2.05) is 42.5 Å². The van der Waals surface area contributed by atoms with Gasteiger partial charge in [0, 0.05) is 1.37 Å². The average Bonchev–Trinajstić information content (AvgIpc) is 2.31. The molecule has 0 saturated carbocycles. The van der Waals surface area contributed by atoms with Crippen LogP contribution in [-0.4, -0.2) is 0 Å². The molecule has 0 aliphatic carbocycles. The largest absolute Gasteiger partial charge is 0.457 e. The molecule has 16 heavy (non-hydrogen) atoms. The normalized spacial score (nSPS) is 9.81. The maximum Gasteiger partial charge on any atom is 0.127 e. The van der Waals surface area contributed by atoms with Crippen LogP contribution in [0.2, 0.25) is 0 Å². The van der Waals surface area contributed by atoms with Gasteiger partial charge in [-0.2, -0.15) is 0 Å². The van der Waals surface area contributed by atoms with Crippen molar-refractivity contribution < 1.29 is 6.11 Å². The summed E-state index contributed by atoms with van der Waals surface area (Å²) < 4.78 is 11.5. The third-order valence-electron chi connectivity index (χ3n) is 2.17. The van der Waals surface area contributed by atoms with Crippen LogP contribution in [0.3, 0.4) is 0 Å². The minimum absolute atomic E-state index is 0.877. The highest BCUT2D eigenvalue weighted by molar-refractivity contribution is 5.36.